The minimum absolute atomic E-state index is 0.248. The maximum absolute atomic E-state index is 5.38. The summed E-state index contributed by atoms with van der Waals surface area (Å²) >= 11 is 3.58. The summed E-state index contributed by atoms with van der Waals surface area (Å²) in [6, 6.07) is 12.3. The number of furan rings is 1. The summed E-state index contributed by atoms with van der Waals surface area (Å²) in [5.74, 6) is 1.88. The summed E-state index contributed by atoms with van der Waals surface area (Å²) in [5, 5.41) is 5.74. The highest BCUT2D eigenvalue weighted by Crippen LogP contribution is 2.28. The molecule has 0 radical (unpaired) electrons. The van der Waals surface area contributed by atoms with Crippen LogP contribution in [0.25, 0.3) is 10.8 Å². The number of nitrogens with one attached hydrogen (secondary N) is 1. The minimum atomic E-state index is 0.248. The van der Waals surface area contributed by atoms with Gasteiger partial charge in [0, 0.05) is 33.9 Å². The number of aromatic nitrogens is 1. The van der Waals surface area contributed by atoms with E-state index in [0.29, 0.717) is 0 Å². The van der Waals surface area contributed by atoms with E-state index in [-0.39, 0.29) is 6.04 Å². The average Bonchev–Trinajstić information content (AvgIpc) is 2.93. The van der Waals surface area contributed by atoms with E-state index in [1.807, 2.05) is 36.5 Å². The Hall–Kier alpha value is -1.81. The van der Waals surface area contributed by atoms with Gasteiger partial charge in [-0.3, -0.25) is 0 Å². The number of hydrogen-bond acceptors (Lipinski definition) is 3. The molecule has 2 aromatic heterocycles. The monoisotopic (exact) mass is 330 g/mol. The molecule has 0 aliphatic carbocycles. The third-order valence-electron chi connectivity index (χ3n) is 3.22. The van der Waals surface area contributed by atoms with Crippen molar-refractivity contribution in [3.8, 4) is 0 Å². The van der Waals surface area contributed by atoms with Crippen molar-refractivity contribution in [2.75, 3.05) is 5.32 Å². The highest BCUT2D eigenvalue weighted by molar-refractivity contribution is 9.10. The Balaban J connectivity index is 1.85. The van der Waals surface area contributed by atoms with Crippen molar-refractivity contribution >= 4 is 32.5 Å². The van der Waals surface area contributed by atoms with Crippen molar-refractivity contribution in [3.63, 3.8) is 0 Å². The Bertz CT molecular complexity index is 710. The van der Waals surface area contributed by atoms with Crippen LogP contribution in [0.15, 0.2) is 57.7 Å². The van der Waals surface area contributed by atoms with Gasteiger partial charge in [-0.1, -0.05) is 28.1 Å². The fourth-order valence-corrected chi connectivity index (χ4v) is 2.80. The standard InChI is InChI=1S/C16H15BrN2O/c1-11(10-12-4-3-9-20-12)19-16-14-5-2-6-15(17)13(14)7-8-18-16/h2-9,11H,10H2,1H3,(H,18,19). The molecule has 0 saturated heterocycles. The summed E-state index contributed by atoms with van der Waals surface area (Å²) in [4.78, 5) is 4.45. The molecule has 1 aromatic carbocycles. The maximum atomic E-state index is 5.38. The first-order valence-corrected chi connectivity index (χ1v) is 7.35. The van der Waals surface area contributed by atoms with Gasteiger partial charge in [0.15, 0.2) is 0 Å². The first kappa shape index (κ1) is 13.2. The number of anilines is 1. The Kier molecular flexibility index (Phi) is 3.74. The minimum Gasteiger partial charge on any atom is -0.469 e. The quantitative estimate of drug-likeness (QED) is 0.757. The second kappa shape index (κ2) is 5.67. The number of nitrogens with zero attached hydrogens (tertiary/aromatic N) is 1. The lowest BCUT2D eigenvalue weighted by Crippen LogP contribution is -2.18. The zero-order chi connectivity index (χ0) is 13.9. The molecule has 20 heavy (non-hydrogen) atoms. The van der Waals surface area contributed by atoms with Crippen LogP contribution in [0, 0.1) is 0 Å². The number of fused-ring (bicyclic) bond motifs is 1. The van der Waals surface area contributed by atoms with E-state index in [9.17, 15) is 0 Å². The Morgan fingerprint density at radius 3 is 2.90 bits per heavy atom. The molecule has 0 saturated carbocycles. The molecule has 3 nitrogen and oxygen atoms in total. The summed E-state index contributed by atoms with van der Waals surface area (Å²) in [6.07, 6.45) is 4.36. The van der Waals surface area contributed by atoms with Gasteiger partial charge in [0.1, 0.15) is 11.6 Å². The predicted octanol–water partition coefficient (Wildman–Crippen LogP) is 4.63. The van der Waals surface area contributed by atoms with Gasteiger partial charge in [-0.2, -0.15) is 0 Å². The Labute approximate surface area is 126 Å². The molecule has 1 atom stereocenters. The van der Waals surface area contributed by atoms with Crippen LogP contribution in [-0.2, 0) is 6.42 Å². The number of halogens is 1. The number of hydrogen-bond donors (Lipinski definition) is 1. The molecule has 2 heterocycles. The van der Waals surface area contributed by atoms with Crippen molar-refractivity contribution in [1.29, 1.82) is 0 Å². The van der Waals surface area contributed by atoms with Gasteiger partial charge < -0.3 is 9.73 Å². The summed E-state index contributed by atoms with van der Waals surface area (Å²) < 4.78 is 6.46. The molecule has 3 rings (SSSR count). The lowest BCUT2D eigenvalue weighted by atomic mass is 10.1. The van der Waals surface area contributed by atoms with Gasteiger partial charge in [0.05, 0.1) is 6.26 Å². The second-order valence-corrected chi connectivity index (χ2v) is 5.68. The van der Waals surface area contributed by atoms with Gasteiger partial charge in [0.25, 0.3) is 0 Å². The van der Waals surface area contributed by atoms with Crippen molar-refractivity contribution < 1.29 is 4.42 Å². The van der Waals surface area contributed by atoms with Crippen LogP contribution in [0.2, 0.25) is 0 Å². The number of benzene rings is 1. The molecular formula is C16H15BrN2O. The van der Waals surface area contributed by atoms with Crippen molar-refractivity contribution in [2.24, 2.45) is 0 Å². The number of pyridine rings is 1. The zero-order valence-corrected chi connectivity index (χ0v) is 12.7. The van der Waals surface area contributed by atoms with Crippen LogP contribution < -0.4 is 5.32 Å². The molecule has 102 valence electrons. The van der Waals surface area contributed by atoms with Gasteiger partial charge >= 0.3 is 0 Å². The Morgan fingerprint density at radius 1 is 1.20 bits per heavy atom. The highest BCUT2D eigenvalue weighted by Gasteiger charge is 2.09. The van der Waals surface area contributed by atoms with Crippen molar-refractivity contribution in [2.45, 2.75) is 19.4 Å². The molecule has 0 aliphatic heterocycles. The van der Waals surface area contributed by atoms with E-state index >= 15 is 0 Å². The number of rotatable bonds is 4. The molecular weight excluding hydrogens is 316 g/mol. The first-order chi connectivity index (χ1) is 9.74. The molecule has 1 N–H and O–H groups in total. The zero-order valence-electron chi connectivity index (χ0n) is 11.1. The predicted molar refractivity (Wildman–Crippen MR) is 84.9 cm³/mol. The van der Waals surface area contributed by atoms with Crippen molar-refractivity contribution in [3.05, 3.63) is 59.1 Å². The van der Waals surface area contributed by atoms with E-state index in [1.54, 1.807) is 6.26 Å². The molecule has 0 bridgehead atoms. The lowest BCUT2D eigenvalue weighted by Gasteiger charge is -2.15. The van der Waals surface area contributed by atoms with E-state index in [1.165, 1.54) is 0 Å². The van der Waals surface area contributed by atoms with E-state index in [2.05, 4.69) is 39.2 Å². The van der Waals surface area contributed by atoms with Crippen LogP contribution in [0.4, 0.5) is 5.82 Å². The van der Waals surface area contributed by atoms with Crippen molar-refractivity contribution in [1.82, 2.24) is 4.98 Å². The molecule has 3 aromatic rings. The smallest absolute Gasteiger partial charge is 0.134 e. The molecule has 1 unspecified atom stereocenters. The molecule has 0 aliphatic rings. The van der Waals surface area contributed by atoms with Gasteiger partial charge in [-0.15, -0.1) is 0 Å². The third kappa shape index (κ3) is 2.70. The fraction of sp³-hybridized carbons (Fsp3) is 0.188. The molecule has 4 heteroatoms. The second-order valence-electron chi connectivity index (χ2n) is 4.82. The molecule has 0 amide bonds. The fourth-order valence-electron chi connectivity index (χ4n) is 2.30. The summed E-state index contributed by atoms with van der Waals surface area (Å²) in [6.45, 7) is 2.13. The van der Waals surface area contributed by atoms with Crippen LogP contribution in [-0.4, -0.2) is 11.0 Å². The summed E-state index contributed by atoms with van der Waals surface area (Å²) in [7, 11) is 0. The topological polar surface area (TPSA) is 38.1 Å². The normalized spacial score (nSPS) is 12.5. The van der Waals surface area contributed by atoms with Crippen LogP contribution >= 0.6 is 15.9 Å². The molecule has 0 spiro atoms. The SMILES string of the molecule is CC(Cc1ccco1)Nc1nccc2c(Br)cccc12. The van der Waals surface area contributed by atoms with Gasteiger partial charge in [-0.05, 0) is 31.2 Å². The maximum Gasteiger partial charge on any atom is 0.134 e. The van der Waals surface area contributed by atoms with E-state index in [0.717, 1.165) is 33.2 Å². The Morgan fingerprint density at radius 2 is 2.10 bits per heavy atom. The van der Waals surface area contributed by atoms with Crippen LogP contribution in [0.3, 0.4) is 0 Å². The third-order valence-corrected chi connectivity index (χ3v) is 3.91. The lowest BCUT2D eigenvalue weighted by molar-refractivity contribution is 0.497. The average molecular weight is 331 g/mol. The van der Waals surface area contributed by atoms with Gasteiger partial charge in [-0.25, -0.2) is 4.98 Å². The van der Waals surface area contributed by atoms with E-state index < -0.39 is 0 Å². The summed E-state index contributed by atoms with van der Waals surface area (Å²) in [5.41, 5.74) is 0. The van der Waals surface area contributed by atoms with E-state index in [4.69, 9.17) is 4.42 Å². The van der Waals surface area contributed by atoms with Crippen LogP contribution in [0.1, 0.15) is 12.7 Å². The van der Waals surface area contributed by atoms with Crippen LogP contribution in [0.5, 0.6) is 0 Å². The molecule has 0 fully saturated rings. The largest absolute Gasteiger partial charge is 0.469 e. The highest BCUT2D eigenvalue weighted by atomic mass is 79.9. The van der Waals surface area contributed by atoms with Gasteiger partial charge in [0.2, 0.25) is 0 Å². The first-order valence-electron chi connectivity index (χ1n) is 6.56.